The molecule has 1 aromatic carbocycles. The molecule has 0 radical (unpaired) electrons. The van der Waals surface area contributed by atoms with Crippen molar-refractivity contribution in [2.45, 2.75) is 19.3 Å². The van der Waals surface area contributed by atoms with E-state index in [1.807, 2.05) is 19.1 Å². The van der Waals surface area contributed by atoms with Crippen LogP contribution in [0, 0.1) is 5.82 Å². The zero-order chi connectivity index (χ0) is 13.9. The molecule has 0 aromatic heterocycles. The van der Waals surface area contributed by atoms with Crippen LogP contribution in [0.15, 0.2) is 24.3 Å². The van der Waals surface area contributed by atoms with Gasteiger partial charge in [-0.25, -0.2) is 4.39 Å². The second-order valence-electron chi connectivity index (χ2n) is 4.42. The monoisotopic (exact) mass is 269 g/mol. The number of rotatable bonds is 10. The predicted octanol–water partition coefficient (Wildman–Crippen LogP) is 2.57. The van der Waals surface area contributed by atoms with E-state index < -0.39 is 0 Å². The van der Waals surface area contributed by atoms with Crippen molar-refractivity contribution in [2.24, 2.45) is 0 Å². The summed E-state index contributed by atoms with van der Waals surface area (Å²) in [5.41, 5.74) is 0.763. The summed E-state index contributed by atoms with van der Waals surface area (Å²) in [4.78, 5) is 0. The molecule has 0 aliphatic heterocycles. The Morgan fingerprint density at radius 3 is 2.68 bits per heavy atom. The first-order valence-electron chi connectivity index (χ1n) is 6.81. The number of benzene rings is 1. The lowest BCUT2D eigenvalue weighted by Crippen LogP contribution is -2.23. The topological polar surface area (TPSA) is 30.5 Å². The molecule has 0 heterocycles. The summed E-state index contributed by atoms with van der Waals surface area (Å²) in [6.45, 7) is 5.50. The molecule has 0 fully saturated rings. The highest BCUT2D eigenvalue weighted by Crippen LogP contribution is 2.21. The van der Waals surface area contributed by atoms with Crippen LogP contribution in [0.25, 0.3) is 0 Å². The fourth-order valence-corrected chi connectivity index (χ4v) is 1.96. The van der Waals surface area contributed by atoms with E-state index in [1.54, 1.807) is 13.2 Å². The van der Waals surface area contributed by atoms with Gasteiger partial charge in [0.15, 0.2) is 0 Å². The van der Waals surface area contributed by atoms with Crippen LogP contribution in [0.4, 0.5) is 4.39 Å². The molecule has 1 rings (SSSR count). The Morgan fingerprint density at radius 1 is 1.21 bits per heavy atom. The molecule has 1 N–H and O–H groups in total. The Balaban J connectivity index is 2.49. The molecule has 108 valence electrons. The van der Waals surface area contributed by atoms with Gasteiger partial charge in [-0.15, -0.1) is 0 Å². The highest BCUT2D eigenvalue weighted by molar-refractivity contribution is 5.22. The summed E-state index contributed by atoms with van der Waals surface area (Å²) in [5.74, 6) is 0.00555. The molecule has 0 saturated carbocycles. The molecule has 0 spiro atoms. The number of methoxy groups -OCH3 is 1. The van der Waals surface area contributed by atoms with E-state index in [2.05, 4.69) is 5.32 Å². The number of ether oxygens (including phenoxy) is 2. The third kappa shape index (κ3) is 6.14. The van der Waals surface area contributed by atoms with Crippen molar-refractivity contribution in [3.05, 3.63) is 35.6 Å². The normalized spacial score (nSPS) is 12.6. The van der Waals surface area contributed by atoms with Gasteiger partial charge >= 0.3 is 0 Å². The maximum absolute atomic E-state index is 13.8. The Hall–Kier alpha value is -0.970. The van der Waals surface area contributed by atoms with E-state index in [0.717, 1.165) is 25.1 Å². The SMILES string of the molecule is CCNCC(CCOCCOC)c1ccccc1F. The second-order valence-corrected chi connectivity index (χ2v) is 4.42. The first kappa shape index (κ1) is 16.1. The minimum atomic E-state index is -0.137. The zero-order valence-electron chi connectivity index (χ0n) is 11.8. The quantitative estimate of drug-likeness (QED) is 0.662. The van der Waals surface area contributed by atoms with Gasteiger partial charge in [-0.3, -0.25) is 0 Å². The van der Waals surface area contributed by atoms with E-state index in [4.69, 9.17) is 9.47 Å². The van der Waals surface area contributed by atoms with Crippen LogP contribution in [0.2, 0.25) is 0 Å². The van der Waals surface area contributed by atoms with Crippen molar-refractivity contribution in [1.29, 1.82) is 0 Å². The summed E-state index contributed by atoms with van der Waals surface area (Å²) >= 11 is 0. The second kappa shape index (κ2) is 9.89. The first-order chi connectivity index (χ1) is 9.29. The lowest BCUT2D eigenvalue weighted by Gasteiger charge is -2.18. The van der Waals surface area contributed by atoms with Crippen LogP contribution in [-0.2, 0) is 9.47 Å². The van der Waals surface area contributed by atoms with Crippen LogP contribution < -0.4 is 5.32 Å². The molecular weight excluding hydrogens is 245 g/mol. The van der Waals surface area contributed by atoms with Gasteiger partial charge in [0, 0.05) is 26.2 Å². The fourth-order valence-electron chi connectivity index (χ4n) is 1.96. The molecule has 0 amide bonds. The minimum Gasteiger partial charge on any atom is -0.382 e. The number of nitrogens with one attached hydrogen (secondary N) is 1. The Labute approximate surface area is 115 Å². The average Bonchev–Trinajstić information content (AvgIpc) is 2.43. The molecule has 0 aliphatic rings. The van der Waals surface area contributed by atoms with E-state index in [-0.39, 0.29) is 11.7 Å². The first-order valence-corrected chi connectivity index (χ1v) is 6.81. The Morgan fingerprint density at radius 2 is 2.00 bits per heavy atom. The summed E-state index contributed by atoms with van der Waals surface area (Å²) in [7, 11) is 1.65. The molecule has 0 aliphatic carbocycles. The summed E-state index contributed by atoms with van der Waals surface area (Å²) in [6, 6.07) is 6.97. The maximum Gasteiger partial charge on any atom is 0.126 e. The Kier molecular flexibility index (Phi) is 8.38. The van der Waals surface area contributed by atoms with Gasteiger partial charge in [-0.2, -0.15) is 0 Å². The molecule has 3 nitrogen and oxygen atoms in total. The lowest BCUT2D eigenvalue weighted by atomic mass is 9.95. The van der Waals surface area contributed by atoms with E-state index in [9.17, 15) is 4.39 Å². The maximum atomic E-state index is 13.8. The zero-order valence-corrected chi connectivity index (χ0v) is 11.8. The summed E-state index contributed by atoms with van der Waals surface area (Å²) in [6.07, 6.45) is 0.803. The molecule has 0 saturated heterocycles. The summed E-state index contributed by atoms with van der Waals surface area (Å²) < 4.78 is 24.2. The standard InChI is InChI=1S/C15H24FNO2/c1-3-17-12-13(8-9-19-11-10-18-2)14-6-4-5-7-15(14)16/h4-7,13,17H,3,8-12H2,1-2H3. The van der Waals surface area contributed by atoms with Crippen molar-refractivity contribution < 1.29 is 13.9 Å². The van der Waals surface area contributed by atoms with Gasteiger partial charge in [0.1, 0.15) is 5.82 Å². The van der Waals surface area contributed by atoms with Gasteiger partial charge in [0.05, 0.1) is 13.2 Å². The predicted molar refractivity (Wildman–Crippen MR) is 75.0 cm³/mol. The van der Waals surface area contributed by atoms with Crippen molar-refractivity contribution in [2.75, 3.05) is 40.0 Å². The average molecular weight is 269 g/mol. The number of hydrogen-bond donors (Lipinski definition) is 1. The van der Waals surface area contributed by atoms with Crippen LogP contribution in [-0.4, -0.2) is 40.0 Å². The summed E-state index contributed by atoms with van der Waals surface area (Å²) in [5, 5.41) is 3.28. The molecular formula is C15H24FNO2. The van der Waals surface area contributed by atoms with E-state index >= 15 is 0 Å². The third-order valence-electron chi connectivity index (χ3n) is 3.03. The number of likely N-dealkylation sites (N-methyl/N-ethyl adjacent to an activating group) is 1. The van der Waals surface area contributed by atoms with E-state index in [1.165, 1.54) is 6.07 Å². The highest BCUT2D eigenvalue weighted by atomic mass is 19.1. The molecule has 19 heavy (non-hydrogen) atoms. The van der Waals surface area contributed by atoms with Crippen LogP contribution >= 0.6 is 0 Å². The molecule has 1 unspecified atom stereocenters. The fraction of sp³-hybridized carbons (Fsp3) is 0.600. The van der Waals surface area contributed by atoms with Crippen LogP contribution in [0.3, 0.4) is 0 Å². The smallest absolute Gasteiger partial charge is 0.126 e. The highest BCUT2D eigenvalue weighted by Gasteiger charge is 2.14. The third-order valence-corrected chi connectivity index (χ3v) is 3.03. The van der Waals surface area contributed by atoms with Crippen molar-refractivity contribution >= 4 is 0 Å². The van der Waals surface area contributed by atoms with Gasteiger partial charge in [-0.1, -0.05) is 25.1 Å². The van der Waals surface area contributed by atoms with Crippen molar-refractivity contribution in [3.63, 3.8) is 0 Å². The largest absolute Gasteiger partial charge is 0.382 e. The van der Waals surface area contributed by atoms with Crippen LogP contribution in [0.1, 0.15) is 24.8 Å². The van der Waals surface area contributed by atoms with Gasteiger partial charge in [0.2, 0.25) is 0 Å². The molecule has 1 aromatic rings. The van der Waals surface area contributed by atoms with Crippen LogP contribution in [0.5, 0.6) is 0 Å². The number of hydrogen-bond acceptors (Lipinski definition) is 3. The lowest BCUT2D eigenvalue weighted by molar-refractivity contribution is 0.0669. The molecule has 4 heteroatoms. The van der Waals surface area contributed by atoms with Gasteiger partial charge in [0.25, 0.3) is 0 Å². The molecule has 0 bridgehead atoms. The van der Waals surface area contributed by atoms with E-state index in [0.29, 0.717) is 19.8 Å². The van der Waals surface area contributed by atoms with Gasteiger partial charge < -0.3 is 14.8 Å². The van der Waals surface area contributed by atoms with Crippen molar-refractivity contribution in [1.82, 2.24) is 5.32 Å². The number of halogens is 1. The van der Waals surface area contributed by atoms with Crippen molar-refractivity contribution in [3.8, 4) is 0 Å². The van der Waals surface area contributed by atoms with Gasteiger partial charge in [-0.05, 0) is 24.6 Å². The Bertz CT molecular complexity index is 347. The minimum absolute atomic E-state index is 0.137. The molecule has 1 atom stereocenters.